The summed E-state index contributed by atoms with van der Waals surface area (Å²) in [6.07, 6.45) is 4.17. The zero-order valence-corrected chi connectivity index (χ0v) is 12.8. The van der Waals surface area contributed by atoms with E-state index in [2.05, 4.69) is 27.7 Å². The van der Waals surface area contributed by atoms with Crippen LogP contribution in [0.15, 0.2) is 24.3 Å². The smallest absolute Gasteiger partial charge is 0.221 e. The lowest BCUT2D eigenvalue weighted by atomic mass is 10.1. The fraction of sp³-hybridized carbons (Fsp3) is 0.588. The van der Waals surface area contributed by atoms with E-state index in [1.807, 2.05) is 12.1 Å². The molecular weight excluding hydrogens is 262 g/mol. The van der Waals surface area contributed by atoms with Crippen molar-refractivity contribution in [2.45, 2.75) is 38.8 Å². The number of amides is 1. The standard InChI is InChI=1S/C17H25N3O/c1-13(21)19-16-4-2-14(3-5-16)10-18-11-15-8-9-20(12-15)17-6-7-17/h2-5,15,17-18H,6-12H2,1H3,(H,19,21)/t15-/m0/s1. The number of hydrogen-bond acceptors (Lipinski definition) is 3. The Morgan fingerprint density at radius 1 is 1.24 bits per heavy atom. The highest BCUT2D eigenvalue weighted by atomic mass is 16.1. The van der Waals surface area contributed by atoms with Crippen molar-refractivity contribution in [2.24, 2.45) is 5.92 Å². The largest absolute Gasteiger partial charge is 0.326 e. The average Bonchev–Trinajstić information content (AvgIpc) is 3.20. The first kappa shape index (κ1) is 14.5. The second-order valence-electron chi connectivity index (χ2n) is 6.39. The van der Waals surface area contributed by atoms with Crippen LogP contribution in [0.1, 0.15) is 31.7 Å². The van der Waals surface area contributed by atoms with Gasteiger partial charge in [0.05, 0.1) is 0 Å². The zero-order valence-electron chi connectivity index (χ0n) is 12.8. The molecule has 4 heteroatoms. The van der Waals surface area contributed by atoms with Crippen LogP contribution < -0.4 is 10.6 Å². The van der Waals surface area contributed by atoms with Gasteiger partial charge in [-0.15, -0.1) is 0 Å². The van der Waals surface area contributed by atoms with E-state index in [9.17, 15) is 4.79 Å². The molecule has 1 heterocycles. The molecule has 4 nitrogen and oxygen atoms in total. The van der Waals surface area contributed by atoms with E-state index in [4.69, 9.17) is 0 Å². The fourth-order valence-corrected chi connectivity index (χ4v) is 3.13. The molecule has 21 heavy (non-hydrogen) atoms. The fourth-order valence-electron chi connectivity index (χ4n) is 3.13. The van der Waals surface area contributed by atoms with Crippen LogP contribution in [-0.4, -0.2) is 36.5 Å². The first-order chi connectivity index (χ1) is 10.2. The summed E-state index contributed by atoms with van der Waals surface area (Å²) in [5, 5.41) is 6.36. The van der Waals surface area contributed by atoms with Crippen LogP contribution in [0.4, 0.5) is 5.69 Å². The van der Waals surface area contributed by atoms with Crippen molar-refractivity contribution in [2.75, 3.05) is 25.0 Å². The Labute approximate surface area is 126 Å². The maximum absolute atomic E-state index is 11.0. The lowest BCUT2D eigenvalue weighted by Gasteiger charge is -2.15. The van der Waals surface area contributed by atoms with E-state index < -0.39 is 0 Å². The molecule has 1 saturated carbocycles. The number of nitrogens with one attached hydrogen (secondary N) is 2. The maximum atomic E-state index is 11.0. The first-order valence-corrected chi connectivity index (χ1v) is 8.02. The molecule has 1 aliphatic heterocycles. The number of anilines is 1. The third kappa shape index (κ3) is 4.29. The molecule has 0 aromatic heterocycles. The highest BCUT2D eigenvalue weighted by Crippen LogP contribution is 2.31. The van der Waals surface area contributed by atoms with Gasteiger partial charge < -0.3 is 15.5 Å². The van der Waals surface area contributed by atoms with Gasteiger partial charge in [0, 0.05) is 31.7 Å². The molecule has 2 aliphatic rings. The van der Waals surface area contributed by atoms with Crippen LogP contribution in [0, 0.1) is 5.92 Å². The van der Waals surface area contributed by atoms with Crippen LogP contribution in [0.5, 0.6) is 0 Å². The SMILES string of the molecule is CC(=O)Nc1ccc(CNC[C@@H]2CCN(C3CC3)C2)cc1. The Morgan fingerprint density at radius 2 is 2.00 bits per heavy atom. The molecule has 1 aromatic carbocycles. The Hall–Kier alpha value is -1.39. The van der Waals surface area contributed by atoms with Gasteiger partial charge in [0.15, 0.2) is 0 Å². The normalized spacial score (nSPS) is 22.4. The van der Waals surface area contributed by atoms with Crippen LogP contribution in [0.3, 0.4) is 0 Å². The summed E-state index contributed by atoms with van der Waals surface area (Å²) in [6.45, 7) is 6.11. The zero-order chi connectivity index (χ0) is 14.7. The van der Waals surface area contributed by atoms with Gasteiger partial charge in [-0.25, -0.2) is 0 Å². The number of benzene rings is 1. The van der Waals surface area contributed by atoms with Crippen molar-refractivity contribution < 1.29 is 4.79 Å². The monoisotopic (exact) mass is 287 g/mol. The minimum Gasteiger partial charge on any atom is -0.326 e. The van der Waals surface area contributed by atoms with Crippen LogP contribution in [-0.2, 0) is 11.3 Å². The molecule has 2 N–H and O–H groups in total. The summed E-state index contributed by atoms with van der Waals surface area (Å²) in [5.41, 5.74) is 2.13. The third-order valence-electron chi connectivity index (χ3n) is 4.42. The molecule has 1 atom stereocenters. The summed E-state index contributed by atoms with van der Waals surface area (Å²) in [4.78, 5) is 13.6. The predicted octanol–water partition coefficient (Wildman–Crippen LogP) is 2.22. The van der Waals surface area contributed by atoms with Crippen LogP contribution >= 0.6 is 0 Å². The van der Waals surface area contributed by atoms with Crippen molar-refractivity contribution >= 4 is 11.6 Å². The number of carbonyl (C=O) groups excluding carboxylic acids is 1. The highest BCUT2D eigenvalue weighted by Gasteiger charge is 2.33. The molecular formula is C17H25N3O. The number of likely N-dealkylation sites (tertiary alicyclic amines) is 1. The quantitative estimate of drug-likeness (QED) is 0.843. The van der Waals surface area contributed by atoms with E-state index in [0.717, 1.165) is 30.7 Å². The number of rotatable bonds is 6. The molecule has 1 amide bonds. The summed E-state index contributed by atoms with van der Waals surface area (Å²) in [7, 11) is 0. The summed E-state index contributed by atoms with van der Waals surface area (Å²) >= 11 is 0. The summed E-state index contributed by atoms with van der Waals surface area (Å²) in [6, 6.07) is 8.98. The second-order valence-corrected chi connectivity index (χ2v) is 6.39. The van der Waals surface area contributed by atoms with E-state index >= 15 is 0 Å². The van der Waals surface area contributed by atoms with Gasteiger partial charge in [0.25, 0.3) is 0 Å². The molecule has 0 unspecified atom stereocenters. The van der Waals surface area contributed by atoms with Gasteiger partial charge in [-0.1, -0.05) is 12.1 Å². The number of carbonyl (C=O) groups is 1. The van der Waals surface area contributed by atoms with E-state index in [-0.39, 0.29) is 5.91 Å². The Balaban J connectivity index is 1.38. The van der Waals surface area contributed by atoms with Crippen molar-refractivity contribution in [3.8, 4) is 0 Å². The van der Waals surface area contributed by atoms with Gasteiger partial charge in [0.2, 0.25) is 5.91 Å². The Bertz CT molecular complexity index is 481. The predicted molar refractivity (Wildman–Crippen MR) is 85.2 cm³/mol. The lowest BCUT2D eigenvalue weighted by Crippen LogP contribution is -2.27. The minimum atomic E-state index is -0.0256. The van der Waals surface area contributed by atoms with Gasteiger partial charge in [-0.2, -0.15) is 0 Å². The van der Waals surface area contributed by atoms with E-state index in [1.54, 1.807) is 0 Å². The molecule has 3 rings (SSSR count). The number of nitrogens with zero attached hydrogens (tertiary/aromatic N) is 1. The van der Waals surface area contributed by atoms with Gasteiger partial charge >= 0.3 is 0 Å². The molecule has 2 fully saturated rings. The minimum absolute atomic E-state index is 0.0256. The molecule has 1 aliphatic carbocycles. The topological polar surface area (TPSA) is 44.4 Å². The van der Waals surface area contributed by atoms with Crippen LogP contribution in [0.2, 0.25) is 0 Å². The molecule has 0 radical (unpaired) electrons. The van der Waals surface area contributed by atoms with E-state index in [1.165, 1.54) is 44.8 Å². The summed E-state index contributed by atoms with van der Waals surface area (Å²) < 4.78 is 0. The molecule has 0 bridgehead atoms. The lowest BCUT2D eigenvalue weighted by molar-refractivity contribution is -0.114. The van der Waals surface area contributed by atoms with Gasteiger partial charge in [-0.05, 0) is 56.0 Å². The summed E-state index contributed by atoms with van der Waals surface area (Å²) in [5.74, 6) is 0.784. The Morgan fingerprint density at radius 3 is 2.67 bits per heavy atom. The van der Waals surface area contributed by atoms with E-state index in [0.29, 0.717) is 0 Å². The van der Waals surface area contributed by atoms with Gasteiger partial charge in [-0.3, -0.25) is 4.79 Å². The second kappa shape index (κ2) is 6.58. The van der Waals surface area contributed by atoms with Crippen molar-refractivity contribution in [1.82, 2.24) is 10.2 Å². The average molecular weight is 287 g/mol. The molecule has 114 valence electrons. The van der Waals surface area contributed by atoms with Crippen molar-refractivity contribution in [3.63, 3.8) is 0 Å². The molecule has 1 saturated heterocycles. The van der Waals surface area contributed by atoms with Gasteiger partial charge in [0.1, 0.15) is 0 Å². The first-order valence-electron chi connectivity index (χ1n) is 8.02. The third-order valence-corrected chi connectivity index (χ3v) is 4.42. The molecule has 1 aromatic rings. The van der Waals surface area contributed by atoms with Crippen molar-refractivity contribution in [3.05, 3.63) is 29.8 Å². The maximum Gasteiger partial charge on any atom is 0.221 e. The Kier molecular flexibility index (Phi) is 4.56. The van der Waals surface area contributed by atoms with Crippen LogP contribution in [0.25, 0.3) is 0 Å². The molecule has 0 spiro atoms. The highest BCUT2D eigenvalue weighted by molar-refractivity contribution is 5.88. The van der Waals surface area contributed by atoms with Crippen molar-refractivity contribution in [1.29, 1.82) is 0 Å². The number of hydrogen-bond donors (Lipinski definition) is 2.